The molecule has 0 aromatic carbocycles. The van der Waals surface area contributed by atoms with Gasteiger partial charge in [0.15, 0.2) is 0 Å². The Bertz CT molecular complexity index is 430. The number of nitrogens with one attached hydrogen (secondary N) is 2. The summed E-state index contributed by atoms with van der Waals surface area (Å²) in [6.07, 6.45) is 10.9. The fourth-order valence-electron chi connectivity index (χ4n) is 2.70. The molecule has 2 rings (SSSR count). The predicted molar refractivity (Wildman–Crippen MR) is 79.7 cm³/mol. The zero-order chi connectivity index (χ0) is 14.2. The number of hydrogen-bond acceptors (Lipinski definition) is 4. The molecule has 1 fully saturated rings. The molecule has 1 aliphatic rings. The van der Waals surface area contributed by atoms with Crippen LogP contribution in [0, 0.1) is 5.92 Å². The van der Waals surface area contributed by atoms with E-state index in [0.29, 0.717) is 11.5 Å². The summed E-state index contributed by atoms with van der Waals surface area (Å²) in [6.45, 7) is 3.48. The first-order chi connectivity index (χ1) is 9.79. The number of hydrogen-bond donors (Lipinski definition) is 2. The fraction of sp³-hybridized carbons (Fsp3) is 0.667. The number of nitrogens with zero attached hydrogens (tertiary/aromatic N) is 2. The largest absolute Gasteiger partial charge is 0.369 e. The van der Waals surface area contributed by atoms with Crippen LogP contribution < -0.4 is 10.6 Å². The first-order valence-corrected chi connectivity index (χ1v) is 7.63. The minimum Gasteiger partial charge on any atom is -0.369 e. The zero-order valence-corrected chi connectivity index (χ0v) is 12.2. The van der Waals surface area contributed by atoms with Gasteiger partial charge in [0.05, 0.1) is 12.4 Å². The van der Waals surface area contributed by atoms with Gasteiger partial charge >= 0.3 is 0 Å². The Morgan fingerprint density at radius 3 is 2.85 bits per heavy atom. The summed E-state index contributed by atoms with van der Waals surface area (Å²) in [5, 5.41) is 6.00. The predicted octanol–water partition coefficient (Wildman–Crippen LogP) is 2.61. The van der Waals surface area contributed by atoms with E-state index in [0.717, 1.165) is 25.4 Å². The highest BCUT2D eigenvalue weighted by atomic mass is 16.1. The van der Waals surface area contributed by atoms with Gasteiger partial charge in [0.2, 0.25) is 0 Å². The third kappa shape index (κ3) is 4.47. The van der Waals surface area contributed by atoms with E-state index in [2.05, 4.69) is 20.6 Å². The van der Waals surface area contributed by atoms with E-state index in [9.17, 15) is 4.79 Å². The normalized spacial score (nSPS) is 15.8. The molecule has 5 nitrogen and oxygen atoms in total. The number of amides is 1. The van der Waals surface area contributed by atoms with Gasteiger partial charge in [0.1, 0.15) is 11.5 Å². The molecule has 0 saturated heterocycles. The Kier molecular flexibility index (Phi) is 5.77. The van der Waals surface area contributed by atoms with Crippen LogP contribution in [0.25, 0.3) is 0 Å². The Morgan fingerprint density at radius 2 is 2.10 bits per heavy atom. The summed E-state index contributed by atoms with van der Waals surface area (Å²) in [5.74, 6) is 1.30. The van der Waals surface area contributed by atoms with Crippen molar-refractivity contribution in [2.75, 3.05) is 18.4 Å². The molecule has 0 atom stereocenters. The van der Waals surface area contributed by atoms with Crippen molar-refractivity contribution >= 4 is 11.7 Å². The maximum Gasteiger partial charge on any atom is 0.271 e. The van der Waals surface area contributed by atoms with Crippen molar-refractivity contribution < 1.29 is 4.79 Å². The molecule has 2 N–H and O–H groups in total. The van der Waals surface area contributed by atoms with Crippen LogP contribution >= 0.6 is 0 Å². The van der Waals surface area contributed by atoms with Gasteiger partial charge in [-0.25, -0.2) is 4.98 Å². The van der Waals surface area contributed by atoms with Gasteiger partial charge < -0.3 is 10.6 Å². The van der Waals surface area contributed by atoms with E-state index < -0.39 is 0 Å². The van der Waals surface area contributed by atoms with Crippen LogP contribution in [-0.4, -0.2) is 29.0 Å². The van der Waals surface area contributed by atoms with Gasteiger partial charge in [-0.1, -0.05) is 32.1 Å². The summed E-state index contributed by atoms with van der Waals surface area (Å²) in [6, 6.07) is 0. The third-order valence-electron chi connectivity index (χ3n) is 3.79. The summed E-state index contributed by atoms with van der Waals surface area (Å²) in [5.41, 5.74) is 0.382. The fourth-order valence-corrected chi connectivity index (χ4v) is 2.70. The van der Waals surface area contributed by atoms with E-state index in [1.54, 1.807) is 6.20 Å². The molecule has 0 spiro atoms. The van der Waals surface area contributed by atoms with Crippen LogP contribution in [0.2, 0.25) is 0 Å². The van der Waals surface area contributed by atoms with E-state index in [4.69, 9.17) is 0 Å². The van der Waals surface area contributed by atoms with Crippen molar-refractivity contribution in [2.24, 2.45) is 5.92 Å². The van der Waals surface area contributed by atoms with Crippen molar-refractivity contribution in [1.29, 1.82) is 0 Å². The van der Waals surface area contributed by atoms with Crippen LogP contribution in [0.5, 0.6) is 0 Å². The molecule has 110 valence electrons. The SMILES string of the molecule is CCNc1cncc(C(=O)NCCC2CCCCC2)n1. The summed E-state index contributed by atoms with van der Waals surface area (Å²) < 4.78 is 0. The van der Waals surface area contributed by atoms with Crippen LogP contribution in [-0.2, 0) is 0 Å². The van der Waals surface area contributed by atoms with E-state index in [1.807, 2.05) is 6.92 Å². The van der Waals surface area contributed by atoms with E-state index in [-0.39, 0.29) is 5.91 Å². The highest BCUT2D eigenvalue weighted by Crippen LogP contribution is 2.25. The molecule has 0 bridgehead atoms. The van der Waals surface area contributed by atoms with Gasteiger partial charge in [0.25, 0.3) is 5.91 Å². The molecule has 0 aliphatic heterocycles. The molecule has 1 aromatic heterocycles. The molecule has 5 heteroatoms. The lowest BCUT2D eigenvalue weighted by Gasteiger charge is -2.21. The maximum absolute atomic E-state index is 12.0. The lowest BCUT2D eigenvalue weighted by atomic mass is 9.87. The standard InChI is InChI=1S/C15H24N4O/c1-2-17-14-11-16-10-13(19-14)15(20)18-9-8-12-6-4-3-5-7-12/h10-12H,2-9H2,1H3,(H,17,19)(H,18,20). The molecular weight excluding hydrogens is 252 g/mol. The Hall–Kier alpha value is -1.65. The average Bonchev–Trinajstić information content (AvgIpc) is 2.49. The van der Waals surface area contributed by atoms with Crippen LogP contribution in [0.1, 0.15) is 55.9 Å². The van der Waals surface area contributed by atoms with Gasteiger partial charge in [0, 0.05) is 13.1 Å². The number of carbonyl (C=O) groups is 1. The highest BCUT2D eigenvalue weighted by molar-refractivity contribution is 5.92. The summed E-state index contributed by atoms with van der Waals surface area (Å²) in [7, 11) is 0. The quantitative estimate of drug-likeness (QED) is 0.838. The van der Waals surface area contributed by atoms with Gasteiger partial charge in [-0.05, 0) is 19.3 Å². The van der Waals surface area contributed by atoms with Crippen LogP contribution in [0.3, 0.4) is 0 Å². The van der Waals surface area contributed by atoms with Gasteiger partial charge in [-0.2, -0.15) is 0 Å². The molecule has 1 amide bonds. The molecule has 1 aliphatic carbocycles. The number of aromatic nitrogens is 2. The van der Waals surface area contributed by atoms with Crippen LogP contribution in [0.4, 0.5) is 5.82 Å². The Morgan fingerprint density at radius 1 is 1.30 bits per heavy atom. The van der Waals surface area contributed by atoms with Gasteiger partial charge in [-0.3, -0.25) is 9.78 Å². The smallest absolute Gasteiger partial charge is 0.271 e. The second-order valence-electron chi connectivity index (χ2n) is 5.37. The first kappa shape index (κ1) is 14.8. The summed E-state index contributed by atoms with van der Waals surface area (Å²) in [4.78, 5) is 20.3. The van der Waals surface area contributed by atoms with Crippen molar-refractivity contribution in [2.45, 2.75) is 45.4 Å². The molecule has 1 heterocycles. The number of rotatable bonds is 6. The Labute approximate surface area is 120 Å². The summed E-state index contributed by atoms with van der Waals surface area (Å²) >= 11 is 0. The second-order valence-corrected chi connectivity index (χ2v) is 5.37. The van der Waals surface area contributed by atoms with E-state index in [1.165, 1.54) is 38.3 Å². The zero-order valence-electron chi connectivity index (χ0n) is 12.2. The van der Waals surface area contributed by atoms with Crippen molar-refractivity contribution in [3.8, 4) is 0 Å². The monoisotopic (exact) mass is 276 g/mol. The second kappa shape index (κ2) is 7.82. The molecule has 0 unspecified atom stereocenters. The van der Waals surface area contributed by atoms with Crippen molar-refractivity contribution in [1.82, 2.24) is 15.3 Å². The third-order valence-corrected chi connectivity index (χ3v) is 3.79. The Balaban J connectivity index is 1.77. The molecule has 0 radical (unpaired) electrons. The highest BCUT2D eigenvalue weighted by Gasteiger charge is 2.14. The molecule has 1 saturated carbocycles. The lowest BCUT2D eigenvalue weighted by molar-refractivity contribution is 0.0945. The minimum absolute atomic E-state index is 0.131. The molecule has 20 heavy (non-hydrogen) atoms. The molecule has 1 aromatic rings. The van der Waals surface area contributed by atoms with Gasteiger partial charge in [-0.15, -0.1) is 0 Å². The maximum atomic E-state index is 12.0. The average molecular weight is 276 g/mol. The van der Waals surface area contributed by atoms with Crippen LogP contribution in [0.15, 0.2) is 12.4 Å². The topological polar surface area (TPSA) is 66.9 Å². The first-order valence-electron chi connectivity index (χ1n) is 7.63. The number of anilines is 1. The van der Waals surface area contributed by atoms with Crippen molar-refractivity contribution in [3.63, 3.8) is 0 Å². The number of carbonyl (C=O) groups excluding carboxylic acids is 1. The molecular formula is C15H24N4O. The van der Waals surface area contributed by atoms with E-state index >= 15 is 0 Å². The van der Waals surface area contributed by atoms with Crippen molar-refractivity contribution in [3.05, 3.63) is 18.1 Å². The minimum atomic E-state index is -0.131. The lowest BCUT2D eigenvalue weighted by Crippen LogP contribution is -2.27.